The number of halogens is 3. The maximum absolute atomic E-state index is 12.7. The standard InChI is InChI=1S/C13H12F3N3O/c1-7-3-4-8(2)10(5-7)18-12(20)9-6-17-19-11(9)13(14,15)16/h3-6H,1-2H3,(H,17,19)(H,18,20). The van der Waals surface area contributed by atoms with Crippen LogP contribution in [0.2, 0.25) is 0 Å². The zero-order valence-corrected chi connectivity index (χ0v) is 10.8. The topological polar surface area (TPSA) is 57.8 Å². The van der Waals surface area contributed by atoms with Crippen molar-refractivity contribution in [1.82, 2.24) is 10.2 Å². The fourth-order valence-electron chi connectivity index (χ4n) is 1.73. The molecule has 0 aliphatic rings. The summed E-state index contributed by atoms with van der Waals surface area (Å²) in [6, 6.07) is 5.33. The fourth-order valence-corrected chi connectivity index (χ4v) is 1.73. The van der Waals surface area contributed by atoms with Crippen molar-refractivity contribution < 1.29 is 18.0 Å². The Balaban J connectivity index is 2.30. The van der Waals surface area contributed by atoms with Gasteiger partial charge in [-0.3, -0.25) is 9.89 Å². The first-order chi connectivity index (χ1) is 9.29. The number of hydrogen-bond acceptors (Lipinski definition) is 2. The minimum absolute atomic E-state index is 0.476. The SMILES string of the molecule is Cc1ccc(C)c(NC(=O)c2cn[nH]c2C(F)(F)F)c1. The Morgan fingerprint density at radius 2 is 2.00 bits per heavy atom. The van der Waals surface area contributed by atoms with Crippen molar-refractivity contribution in [2.24, 2.45) is 0 Å². The van der Waals surface area contributed by atoms with Crippen molar-refractivity contribution >= 4 is 11.6 Å². The molecule has 0 spiro atoms. The van der Waals surface area contributed by atoms with Gasteiger partial charge in [-0.25, -0.2) is 0 Å². The van der Waals surface area contributed by atoms with Gasteiger partial charge in [-0.1, -0.05) is 12.1 Å². The predicted molar refractivity (Wildman–Crippen MR) is 67.5 cm³/mol. The summed E-state index contributed by atoms with van der Waals surface area (Å²) in [6.45, 7) is 3.59. The van der Waals surface area contributed by atoms with Gasteiger partial charge in [0.15, 0.2) is 5.69 Å². The maximum atomic E-state index is 12.7. The Kier molecular flexibility index (Phi) is 3.52. The molecule has 0 atom stereocenters. The van der Waals surface area contributed by atoms with Crippen LogP contribution < -0.4 is 5.32 Å². The number of nitrogens with zero attached hydrogens (tertiary/aromatic N) is 1. The van der Waals surface area contributed by atoms with E-state index >= 15 is 0 Å². The van der Waals surface area contributed by atoms with Crippen molar-refractivity contribution in [1.29, 1.82) is 0 Å². The number of anilines is 1. The lowest BCUT2D eigenvalue weighted by Gasteiger charge is -2.10. The monoisotopic (exact) mass is 283 g/mol. The first-order valence-corrected chi connectivity index (χ1v) is 5.78. The van der Waals surface area contributed by atoms with Crippen molar-refractivity contribution in [3.8, 4) is 0 Å². The van der Waals surface area contributed by atoms with Crippen molar-refractivity contribution in [2.75, 3.05) is 5.32 Å². The van der Waals surface area contributed by atoms with E-state index in [1.807, 2.05) is 13.0 Å². The number of carbonyl (C=O) groups excluding carboxylic acids is 1. The third-order valence-electron chi connectivity index (χ3n) is 2.81. The van der Waals surface area contributed by atoms with E-state index in [0.29, 0.717) is 5.69 Å². The highest BCUT2D eigenvalue weighted by molar-refractivity contribution is 6.05. The molecule has 2 rings (SSSR count). The second-order valence-corrected chi connectivity index (χ2v) is 4.43. The summed E-state index contributed by atoms with van der Waals surface area (Å²) in [6.07, 6.45) is -3.78. The summed E-state index contributed by atoms with van der Waals surface area (Å²) < 4.78 is 38.0. The summed E-state index contributed by atoms with van der Waals surface area (Å²) >= 11 is 0. The molecule has 0 aliphatic carbocycles. The largest absolute Gasteiger partial charge is 0.433 e. The quantitative estimate of drug-likeness (QED) is 0.888. The molecule has 1 heterocycles. The number of hydrogen-bond donors (Lipinski definition) is 2. The van der Waals surface area contributed by atoms with Gasteiger partial charge >= 0.3 is 6.18 Å². The molecule has 0 radical (unpaired) electrons. The number of aromatic nitrogens is 2. The van der Waals surface area contributed by atoms with Gasteiger partial charge in [-0.15, -0.1) is 0 Å². The Hall–Kier alpha value is -2.31. The number of H-pyrrole nitrogens is 1. The molecular weight excluding hydrogens is 271 g/mol. The molecule has 0 bridgehead atoms. The molecule has 0 saturated carbocycles. The first-order valence-electron chi connectivity index (χ1n) is 5.78. The Morgan fingerprint density at radius 3 is 2.65 bits per heavy atom. The minimum Gasteiger partial charge on any atom is -0.322 e. The van der Waals surface area contributed by atoms with Gasteiger partial charge in [0, 0.05) is 5.69 Å². The molecule has 2 aromatic rings. The van der Waals surface area contributed by atoms with Crippen LogP contribution in [0.15, 0.2) is 24.4 Å². The van der Waals surface area contributed by atoms with Crippen LogP contribution in [0, 0.1) is 13.8 Å². The van der Waals surface area contributed by atoms with Crippen LogP contribution in [0.1, 0.15) is 27.2 Å². The number of aromatic amines is 1. The molecule has 1 aromatic heterocycles. The van der Waals surface area contributed by atoms with E-state index < -0.39 is 23.3 Å². The van der Waals surface area contributed by atoms with E-state index in [4.69, 9.17) is 0 Å². The zero-order chi connectivity index (χ0) is 14.9. The summed E-state index contributed by atoms with van der Waals surface area (Å²) in [5.41, 5.74) is 0.457. The number of nitrogens with one attached hydrogen (secondary N) is 2. The van der Waals surface area contributed by atoms with Crippen molar-refractivity contribution in [3.63, 3.8) is 0 Å². The van der Waals surface area contributed by atoms with E-state index in [0.717, 1.165) is 17.3 Å². The molecule has 1 amide bonds. The molecule has 2 N–H and O–H groups in total. The van der Waals surface area contributed by atoms with Gasteiger partial charge in [-0.05, 0) is 31.0 Å². The van der Waals surface area contributed by atoms with Gasteiger partial charge in [0.25, 0.3) is 5.91 Å². The summed E-state index contributed by atoms with van der Waals surface area (Å²) in [5, 5.41) is 7.55. The van der Waals surface area contributed by atoms with Crippen LogP contribution in [0.4, 0.5) is 18.9 Å². The molecule has 106 valence electrons. The molecule has 0 unspecified atom stereocenters. The summed E-state index contributed by atoms with van der Waals surface area (Å²) in [7, 11) is 0. The van der Waals surface area contributed by atoms with Crippen LogP contribution in [0.3, 0.4) is 0 Å². The van der Waals surface area contributed by atoms with E-state index in [9.17, 15) is 18.0 Å². The number of alkyl halides is 3. The lowest BCUT2D eigenvalue weighted by Crippen LogP contribution is -2.18. The highest BCUT2D eigenvalue weighted by Gasteiger charge is 2.37. The van der Waals surface area contributed by atoms with Crippen molar-refractivity contribution in [3.05, 3.63) is 46.8 Å². The van der Waals surface area contributed by atoms with Crippen LogP contribution in [0.5, 0.6) is 0 Å². The smallest absolute Gasteiger partial charge is 0.322 e. The molecule has 7 heteroatoms. The fraction of sp³-hybridized carbons (Fsp3) is 0.231. The Labute approximate surface area is 113 Å². The van der Waals surface area contributed by atoms with E-state index in [1.54, 1.807) is 24.2 Å². The summed E-state index contributed by atoms with van der Waals surface area (Å²) in [4.78, 5) is 11.9. The third kappa shape index (κ3) is 2.81. The van der Waals surface area contributed by atoms with Gasteiger partial charge in [0.2, 0.25) is 0 Å². The molecule has 4 nitrogen and oxygen atoms in total. The molecular formula is C13H12F3N3O. The summed E-state index contributed by atoms with van der Waals surface area (Å²) in [5.74, 6) is -0.847. The maximum Gasteiger partial charge on any atom is 0.433 e. The first kappa shape index (κ1) is 14.1. The molecule has 0 saturated heterocycles. The average molecular weight is 283 g/mol. The zero-order valence-electron chi connectivity index (χ0n) is 10.8. The van der Waals surface area contributed by atoms with E-state index in [-0.39, 0.29) is 0 Å². The van der Waals surface area contributed by atoms with Crippen molar-refractivity contribution in [2.45, 2.75) is 20.0 Å². The second-order valence-electron chi connectivity index (χ2n) is 4.43. The number of aryl methyl sites for hydroxylation is 2. The van der Waals surface area contributed by atoms with E-state index in [1.165, 1.54) is 0 Å². The lowest BCUT2D eigenvalue weighted by atomic mass is 10.1. The van der Waals surface area contributed by atoms with Crippen LogP contribution in [-0.4, -0.2) is 16.1 Å². The van der Waals surface area contributed by atoms with Gasteiger partial charge in [0.05, 0.1) is 11.8 Å². The minimum atomic E-state index is -4.65. The van der Waals surface area contributed by atoms with Crippen LogP contribution in [0.25, 0.3) is 0 Å². The normalized spacial score (nSPS) is 11.4. The Morgan fingerprint density at radius 1 is 1.30 bits per heavy atom. The van der Waals surface area contributed by atoms with Gasteiger partial charge in [-0.2, -0.15) is 18.3 Å². The van der Waals surface area contributed by atoms with E-state index in [2.05, 4.69) is 10.4 Å². The molecule has 1 aromatic carbocycles. The highest BCUT2D eigenvalue weighted by Crippen LogP contribution is 2.30. The Bertz CT molecular complexity index is 647. The van der Waals surface area contributed by atoms with Crippen LogP contribution >= 0.6 is 0 Å². The number of benzene rings is 1. The van der Waals surface area contributed by atoms with Gasteiger partial charge in [0.1, 0.15) is 0 Å². The second kappa shape index (κ2) is 4.99. The molecule has 20 heavy (non-hydrogen) atoms. The number of carbonyl (C=O) groups is 1. The third-order valence-corrected chi connectivity index (χ3v) is 2.81. The molecule has 0 aliphatic heterocycles. The number of rotatable bonds is 2. The predicted octanol–water partition coefficient (Wildman–Crippen LogP) is 3.30. The average Bonchev–Trinajstić information content (AvgIpc) is 2.82. The lowest BCUT2D eigenvalue weighted by molar-refractivity contribution is -0.141. The molecule has 0 fully saturated rings. The number of amides is 1. The van der Waals surface area contributed by atoms with Gasteiger partial charge < -0.3 is 5.32 Å². The highest BCUT2D eigenvalue weighted by atomic mass is 19.4. The van der Waals surface area contributed by atoms with Crippen LogP contribution in [-0.2, 0) is 6.18 Å².